The Kier molecular flexibility index (Phi) is 7.45. The van der Waals surface area contributed by atoms with Crippen molar-refractivity contribution < 1.29 is 0 Å². The zero-order valence-electron chi connectivity index (χ0n) is 12.8. The van der Waals surface area contributed by atoms with E-state index in [-0.39, 0.29) is 4.75 Å². The molecule has 0 saturated carbocycles. The Balaban J connectivity index is 2.75. The van der Waals surface area contributed by atoms with Crippen LogP contribution in [0, 0.1) is 0 Å². The number of nitrogens with zero attached hydrogens (tertiary/aromatic N) is 2. The van der Waals surface area contributed by atoms with Crippen molar-refractivity contribution in [1.29, 1.82) is 0 Å². The molecule has 0 aliphatic heterocycles. The van der Waals surface area contributed by atoms with Crippen LogP contribution in [-0.2, 0) is 0 Å². The fourth-order valence-corrected chi connectivity index (χ4v) is 2.87. The molecule has 20 heavy (non-hydrogen) atoms. The second-order valence-electron chi connectivity index (χ2n) is 4.76. The second-order valence-corrected chi connectivity index (χ2v) is 6.45. The van der Waals surface area contributed by atoms with Gasteiger partial charge in [-0.1, -0.05) is 32.4 Å². The molecule has 0 aliphatic carbocycles. The smallest absolute Gasteiger partial charge is 0.224 e. The molecule has 114 valence electrons. The molecule has 1 aromatic rings. The average molecular weight is 317 g/mol. The van der Waals surface area contributed by atoms with Gasteiger partial charge in [-0.25, -0.2) is 4.98 Å². The SMILES string of the molecule is CCCNc1ncc(Cl)c(NCC(CC)(CC)SC)n1. The Hall–Kier alpha value is -0.680. The van der Waals surface area contributed by atoms with Gasteiger partial charge < -0.3 is 10.6 Å². The fourth-order valence-electron chi connectivity index (χ4n) is 1.92. The number of nitrogens with one attached hydrogen (secondary N) is 2. The van der Waals surface area contributed by atoms with Gasteiger partial charge in [0, 0.05) is 17.8 Å². The molecule has 0 aromatic carbocycles. The highest BCUT2D eigenvalue weighted by atomic mass is 35.5. The van der Waals surface area contributed by atoms with Gasteiger partial charge in [0.25, 0.3) is 0 Å². The van der Waals surface area contributed by atoms with Crippen molar-refractivity contribution in [2.75, 3.05) is 30.0 Å². The summed E-state index contributed by atoms with van der Waals surface area (Å²) in [5.74, 6) is 1.34. The Bertz CT molecular complexity index is 402. The minimum Gasteiger partial charge on any atom is -0.367 e. The van der Waals surface area contributed by atoms with Gasteiger partial charge in [-0.3, -0.25) is 0 Å². The van der Waals surface area contributed by atoms with Crippen molar-refractivity contribution in [3.8, 4) is 0 Å². The monoisotopic (exact) mass is 316 g/mol. The van der Waals surface area contributed by atoms with Gasteiger partial charge >= 0.3 is 0 Å². The third kappa shape index (κ3) is 4.70. The molecule has 4 nitrogen and oxygen atoms in total. The molecular weight excluding hydrogens is 292 g/mol. The summed E-state index contributed by atoms with van der Waals surface area (Å²) in [7, 11) is 0. The Morgan fingerprint density at radius 1 is 1.25 bits per heavy atom. The first-order valence-electron chi connectivity index (χ1n) is 7.16. The lowest BCUT2D eigenvalue weighted by Gasteiger charge is -2.30. The second kappa shape index (κ2) is 8.57. The van der Waals surface area contributed by atoms with E-state index in [0.29, 0.717) is 16.8 Å². The van der Waals surface area contributed by atoms with Crippen molar-refractivity contribution in [3.05, 3.63) is 11.2 Å². The molecule has 0 radical (unpaired) electrons. The predicted molar refractivity (Wildman–Crippen MR) is 91.1 cm³/mol. The summed E-state index contributed by atoms with van der Waals surface area (Å²) in [5.41, 5.74) is 0. The van der Waals surface area contributed by atoms with E-state index in [1.165, 1.54) is 0 Å². The Morgan fingerprint density at radius 2 is 1.95 bits per heavy atom. The van der Waals surface area contributed by atoms with Crippen LogP contribution in [0.4, 0.5) is 11.8 Å². The van der Waals surface area contributed by atoms with Gasteiger partial charge in [0.05, 0.1) is 6.20 Å². The molecular formula is C14H25ClN4S. The zero-order valence-corrected chi connectivity index (χ0v) is 14.4. The quantitative estimate of drug-likeness (QED) is 0.712. The molecule has 0 saturated heterocycles. The number of thioether (sulfide) groups is 1. The van der Waals surface area contributed by atoms with Crippen LogP contribution in [0.3, 0.4) is 0 Å². The lowest BCUT2D eigenvalue weighted by Crippen LogP contribution is -2.32. The maximum absolute atomic E-state index is 6.17. The third-order valence-electron chi connectivity index (χ3n) is 3.58. The lowest BCUT2D eigenvalue weighted by molar-refractivity contribution is 0.574. The molecule has 0 unspecified atom stereocenters. The first kappa shape index (κ1) is 17.4. The molecule has 1 heterocycles. The highest BCUT2D eigenvalue weighted by molar-refractivity contribution is 8.00. The molecule has 0 spiro atoms. The minimum atomic E-state index is 0.227. The molecule has 6 heteroatoms. The molecule has 0 fully saturated rings. The summed E-state index contributed by atoms with van der Waals surface area (Å²) < 4.78 is 0.227. The Morgan fingerprint density at radius 3 is 2.50 bits per heavy atom. The van der Waals surface area contributed by atoms with Crippen molar-refractivity contribution in [1.82, 2.24) is 9.97 Å². The molecule has 0 atom stereocenters. The van der Waals surface area contributed by atoms with Crippen LogP contribution in [0.15, 0.2) is 6.20 Å². The van der Waals surface area contributed by atoms with Crippen LogP contribution in [0.25, 0.3) is 0 Å². The van der Waals surface area contributed by atoms with Crippen LogP contribution in [-0.4, -0.2) is 34.1 Å². The number of halogens is 1. The van der Waals surface area contributed by atoms with Gasteiger partial charge in [0.15, 0.2) is 5.82 Å². The lowest BCUT2D eigenvalue weighted by atomic mass is 10.0. The third-order valence-corrected chi connectivity index (χ3v) is 5.44. The van der Waals surface area contributed by atoms with E-state index in [2.05, 4.69) is 47.6 Å². The Labute approximate surface area is 131 Å². The normalized spacial score (nSPS) is 11.4. The van der Waals surface area contributed by atoms with Crippen LogP contribution in [0.2, 0.25) is 5.02 Å². The van der Waals surface area contributed by atoms with Crippen molar-refractivity contribution >= 4 is 35.1 Å². The van der Waals surface area contributed by atoms with Crippen molar-refractivity contribution in [2.24, 2.45) is 0 Å². The van der Waals surface area contributed by atoms with E-state index < -0.39 is 0 Å². The van der Waals surface area contributed by atoms with Crippen molar-refractivity contribution in [2.45, 2.75) is 44.8 Å². The van der Waals surface area contributed by atoms with E-state index >= 15 is 0 Å². The number of aromatic nitrogens is 2. The van der Waals surface area contributed by atoms with Gasteiger partial charge in [0.1, 0.15) is 5.02 Å². The summed E-state index contributed by atoms with van der Waals surface area (Å²) >= 11 is 8.06. The molecule has 1 rings (SSSR count). The van der Waals surface area contributed by atoms with Gasteiger partial charge in [-0.2, -0.15) is 16.7 Å². The molecule has 2 N–H and O–H groups in total. The summed E-state index contributed by atoms with van der Waals surface area (Å²) in [4.78, 5) is 8.62. The first-order chi connectivity index (χ1) is 9.60. The average Bonchev–Trinajstić information content (AvgIpc) is 2.49. The molecule has 0 bridgehead atoms. The van der Waals surface area contributed by atoms with Crippen molar-refractivity contribution in [3.63, 3.8) is 0 Å². The summed E-state index contributed by atoms with van der Waals surface area (Å²) in [6.07, 6.45) is 7.07. The maximum atomic E-state index is 6.17. The predicted octanol–water partition coefficient (Wildman–Crippen LogP) is 4.29. The first-order valence-corrected chi connectivity index (χ1v) is 8.76. The van der Waals surface area contributed by atoms with E-state index in [4.69, 9.17) is 11.6 Å². The molecule has 1 aromatic heterocycles. The summed E-state index contributed by atoms with van der Waals surface area (Å²) in [6, 6.07) is 0. The number of hydrogen-bond donors (Lipinski definition) is 2. The summed E-state index contributed by atoms with van der Waals surface area (Å²) in [6.45, 7) is 8.26. The number of anilines is 2. The highest BCUT2D eigenvalue weighted by Gasteiger charge is 2.25. The van der Waals surface area contributed by atoms with Gasteiger partial charge in [0.2, 0.25) is 5.95 Å². The standard InChI is InChI=1S/C14H25ClN4S/c1-5-8-16-13-17-9-11(15)12(19-13)18-10-14(6-2,7-3)20-4/h9H,5-8,10H2,1-4H3,(H2,16,17,18,19). The maximum Gasteiger partial charge on any atom is 0.224 e. The van der Waals surface area contributed by atoms with E-state index in [1.54, 1.807) is 6.20 Å². The fraction of sp³-hybridized carbons (Fsp3) is 0.714. The van der Waals surface area contributed by atoms with Gasteiger partial charge in [-0.15, -0.1) is 0 Å². The largest absolute Gasteiger partial charge is 0.367 e. The van der Waals surface area contributed by atoms with Crippen LogP contribution in [0.1, 0.15) is 40.0 Å². The van der Waals surface area contributed by atoms with Gasteiger partial charge in [-0.05, 0) is 25.5 Å². The van der Waals surface area contributed by atoms with Crippen LogP contribution < -0.4 is 10.6 Å². The highest BCUT2D eigenvalue weighted by Crippen LogP contribution is 2.31. The van der Waals surface area contributed by atoms with Crippen LogP contribution >= 0.6 is 23.4 Å². The summed E-state index contributed by atoms with van der Waals surface area (Å²) in [5, 5.41) is 7.12. The molecule has 0 aliphatic rings. The minimum absolute atomic E-state index is 0.227. The van der Waals surface area contributed by atoms with E-state index in [0.717, 1.165) is 32.4 Å². The number of hydrogen-bond acceptors (Lipinski definition) is 5. The van der Waals surface area contributed by atoms with E-state index in [1.807, 2.05) is 11.8 Å². The topological polar surface area (TPSA) is 49.8 Å². The number of rotatable bonds is 9. The zero-order chi connectivity index (χ0) is 15.0. The molecule has 0 amide bonds. The van der Waals surface area contributed by atoms with E-state index in [9.17, 15) is 0 Å². The van der Waals surface area contributed by atoms with Crippen LogP contribution in [0.5, 0.6) is 0 Å².